The number of aromatic nitrogens is 2. The minimum Gasteiger partial charge on any atom is -0.391 e. The van der Waals surface area contributed by atoms with Crippen molar-refractivity contribution in [3.05, 3.63) is 5.15 Å². The monoisotopic (exact) mass is 219 g/mol. The second-order valence-electron chi connectivity index (χ2n) is 3.12. The van der Waals surface area contributed by atoms with Crippen LogP contribution < -0.4 is 4.90 Å². The molecule has 0 bridgehead atoms. The summed E-state index contributed by atoms with van der Waals surface area (Å²) in [5.74, 6) is 0.713. The largest absolute Gasteiger partial charge is 0.391 e. The molecule has 1 aromatic heterocycles. The molecule has 4 nitrogen and oxygen atoms in total. The smallest absolute Gasteiger partial charge is 0.187 e. The van der Waals surface area contributed by atoms with Crippen molar-refractivity contribution in [3.63, 3.8) is 0 Å². The molecule has 1 unspecified atom stereocenters. The molecule has 0 aliphatic carbocycles. The van der Waals surface area contributed by atoms with Gasteiger partial charge in [0.25, 0.3) is 0 Å². The highest BCUT2D eigenvalue weighted by Crippen LogP contribution is 2.25. The van der Waals surface area contributed by atoms with Crippen LogP contribution in [0.1, 0.15) is 12.8 Å². The molecule has 0 saturated carbocycles. The molecule has 0 spiro atoms. The van der Waals surface area contributed by atoms with Gasteiger partial charge in [0.15, 0.2) is 11.0 Å². The Morgan fingerprint density at radius 1 is 1.54 bits per heavy atom. The average molecular weight is 220 g/mol. The van der Waals surface area contributed by atoms with Gasteiger partial charge in [0.2, 0.25) is 0 Å². The van der Waals surface area contributed by atoms with Crippen molar-refractivity contribution in [2.24, 2.45) is 0 Å². The zero-order chi connectivity index (χ0) is 9.26. The van der Waals surface area contributed by atoms with Crippen LogP contribution in [0.4, 0.5) is 5.82 Å². The first-order chi connectivity index (χ1) is 6.27. The van der Waals surface area contributed by atoms with E-state index >= 15 is 0 Å². The fourth-order valence-electron chi connectivity index (χ4n) is 1.51. The Bertz CT molecular complexity index is 293. The van der Waals surface area contributed by atoms with E-state index in [9.17, 15) is 5.11 Å². The molecule has 0 amide bonds. The molecule has 1 N–H and O–H groups in total. The quantitative estimate of drug-likeness (QED) is 0.770. The molecule has 2 heterocycles. The number of aliphatic hydroxyl groups excluding tert-OH is 1. The third-order valence-electron chi connectivity index (χ3n) is 2.13. The van der Waals surface area contributed by atoms with Crippen molar-refractivity contribution in [2.45, 2.75) is 18.9 Å². The number of hydrogen-bond donors (Lipinski definition) is 1. The lowest BCUT2D eigenvalue weighted by Gasteiger charge is -2.29. The fourth-order valence-corrected chi connectivity index (χ4v) is 2.29. The molecular weight excluding hydrogens is 210 g/mol. The maximum absolute atomic E-state index is 9.44. The van der Waals surface area contributed by atoms with E-state index < -0.39 is 0 Å². The number of nitrogens with zero attached hydrogens (tertiary/aromatic N) is 3. The molecule has 72 valence electrons. The number of aliphatic hydroxyl groups is 1. The number of halogens is 1. The Morgan fingerprint density at radius 2 is 2.38 bits per heavy atom. The van der Waals surface area contributed by atoms with Crippen LogP contribution in [0.15, 0.2) is 0 Å². The summed E-state index contributed by atoms with van der Waals surface area (Å²) in [7, 11) is 0. The number of anilines is 1. The molecule has 1 aliphatic rings. The topological polar surface area (TPSA) is 49.2 Å². The highest BCUT2D eigenvalue weighted by atomic mass is 35.5. The second kappa shape index (κ2) is 3.77. The summed E-state index contributed by atoms with van der Waals surface area (Å²) in [6, 6.07) is 0. The number of piperidine rings is 1. The zero-order valence-electron chi connectivity index (χ0n) is 6.98. The highest BCUT2D eigenvalue weighted by Gasteiger charge is 2.21. The van der Waals surface area contributed by atoms with Crippen molar-refractivity contribution in [1.29, 1.82) is 0 Å². The van der Waals surface area contributed by atoms with Crippen LogP contribution in [-0.2, 0) is 0 Å². The third kappa shape index (κ3) is 1.92. The van der Waals surface area contributed by atoms with Gasteiger partial charge in [-0.05, 0) is 12.8 Å². The summed E-state index contributed by atoms with van der Waals surface area (Å²) >= 11 is 6.94. The van der Waals surface area contributed by atoms with E-state index in [0.717, 1.165) is 31.1 Å². The minimum absolute atomic E-state index is 0.258. The van der Waals surface area contributed by atoms with Crippen LogP contribution in [0.2, 0.25) is 5.15 Å². The average Bonchev–Trinajstić information content (AvgIpc) is 2.51. The van der Waals surface area contributed by atoms with E-state index in [0.29, 0.717) is 17.5 Å². The molecule has 1 saturated heterocycles. The predicted octanol–water partition coefficient (Wildman–Crippen LogP) is 1.15. The third-order valence-corrected chi connectivity index (χ3v) is 3.00. The Kier molecular flexibility index (Phi) is 2.66. The summed E-state index contributed by atoms with van der Waals surface area (Å²) in [4.78, 5) is 1.99. The molecule has 6 heteroatoms. The molecule has 0 aromatic carbocycles. The van der Waals surface area contributed by atoms with Crippen LogP contribution in [0, 0.1) is 0 Å². The predicted molar refractivity (Wildman–Crippen MR) is 52.4 cm³/mol. The van der Waals surface area contributed by atoms with Crippen LogP contribution >= 0.6 is 23.3 Å². The van der Waals surface area contributed by atoms with E-state index in [4.69, 9.17) is 11.6 Å². The summed E-state index contributed by atoms with van der Waals surface area (Å²) in [6.07, 6.45) is 1.59. The summed E-state index contributed by atoms with van der Waals surface area (Å²) in [5.41, 5.74) is 0. The van der Waals surface area contributed by atoms with E-state index in [-0.39, 0.29) is 6.10 Å². The van der Waals surface area contributed by atoms with Gasteiger partial charge in [-0.3, -0.25) is 0 Å². The van der Waals surface area contributed by atoms with Gasteiger partial charge in [0.1, 0.15) is 0 Å². The highest BCUT2D eigenvalue weighted by molar-refractivity contribution is 6.99. The second-order valence-corrected chi connectivity index (χ2v) is 4.01. The Balaban J connectivity index is 2.12. The lowest BCUT2D eigenvalue weighted by molar-refractivity contribution is 0.154. The van der Waals surface area contributed by atoms with Crippen molar-refractivity contribution in [3.8, 4) is 0 Å². The maximum Gasteiger partial charge on any atom is 0.187 e. The fraction of sp³-hybridized carbons (Fsp3) is 0.714. The van der Waals surface area contributed by atoms with Gasteiger partial charge in [-0.25, -0.2) is 0 Å². The maximum atomic E-state index is 9.44. The van der Waals surface area contributed by atoms with Crippen LogP contribution in [-0.4, -0.2) is 33.0 Å². The molecule has 13 heavy (non-hydrogen) atoms. The van der Waals surface area contributed by atoms with E-state index in [1.165, 1.54) is 0 Å². The molecule has 1 aromatic rings. The Labute approximate surface area is 85.5 Å². The number of rotatable bonds is 1. The standard InChI is InChI=1S/C7H10ClN3OS/c8-6-7(10-13-9-6)11-3-1-2-5(12)4-11/h5,12H,1-4H2. The van der Waals surface area contributed by atoms with Crippen molar-refractivity contribution < 1.29 is 5.11 Å². The summed E-state index contributed by atoms with van der Waals surface area (Å²) in [6.45, 7) is 1.52. The molecule has 1 fully saturated rings. The molecule has 1 aliphatic heterocycles. The Morgan fingerprint density at radius 3 is 3.00 bits per heavy atom. The van der Waals surface area contributed by atoms with Gasteiger partial charge in [-0.1, -0.05) is 11.6 Å². The normalized spacial score (nSPS) is 23.5. The first-order valence-electron chi connectivity index (χ1n) is 4.18. The van der Waals surface area contributed by atoms with Gasteiger partial charge >= 0.3 is 0 Å². The molecule has 2 rings (SSSR count). The number of β-amino-alcohol motifs (C(OH)–C–C–N with tert-alkyl or cyclic N) is 1. The van der Waals surface area contributed by atoms with Gasteiger partial charge in [-0.15, -0.1) is 0 Å². The van der Waals surface area contributed by atoms with Gasteiger partial charge in [0.05, 0.1) is 17.8 Å². The minimum atomic E-state index is -0.258. The van der Waals surface area contributed by atoms with E-state index in [1.54, 1.807) is 0 Å². The Hall–Kier alpha value is -0.390. The van der Waals surface area contributed by atoms with Gasteiger partial charge < -0.3 is 10.0 Å². The van der Waals surface area contributed by atoms with Crippen LogP contribution in [0.3, 0.4) is 0 Å². The van der Waals surface area contributed by atoms with Gasteiger partial charge in [-0.2, -0.15) is 8.75 Å². The van der Waals surface area contributed by atoms with Crippen molar-refractivity contribution in [1.82, 2.24) is 8.75 Å². The van der Waals surface area contributed by atoms with E-state index in [1.807, 2.05) is 4.90 Å². The van der Waals surface area contributed by atoms with Crippen molar-refractivity contribution in [2.75, 3.05) is 18.0 Å². The van der Waals surface area contributed by atoms with Crippen molar-refractivity contribution >= 4 is 29.1 Å². The number of hydrogen-bond acceptors (Lipinski definition) is 5. The first kappa shape index (κ1) is 9.18. The molecule has 1 atom stereocenters. The lowest BCUT2D eigenvalue weighted by Crippen LogP contribution is -2.38. The van der Waals surface area contributed by atoms with Crippen LogP contribution in [0.25, 0.3) is 0 Å². The summed E-state index contributed by atoms with van der Waals surface area (Å²) < 4.78 is 7.98. The SMILES string of the molecule is OC1CCCN(c2nsnc2Cl)C1. The van der Waals surface area contributed by atoms with Crippen LogP contribution in [0.5, 0.6) is 0 Å². The zero-order valence-corrected chi connectivity index (χ0v) is 8.55. The molecule has 0 radical (unpaired) electrons. The summed E-state index contributed by atoms with van der Waals surface area (Å²) in [5, 5.41) is 9.88. The molecular formula is C7H10ClN3OS. The first-order valence-corrected chi connectivity index (χ1v) is 5.29. The lowest BCUT2D eigenvalue weighted by atomic mass is 10.1. The van der Waals surface area contributed by atoms with E-state index in [2.05, 4.69) is 8.75 Å². The van der Waals surface area contributed by atoms with Gasteiger partial charge in [0, 0.05) is 13.1 Å².